The van der Waals surface area contributed by atoms with Crippen molar-refractivity contribution >= 4 is 47.6 Å². The minimum absolute atomic E-state index is 0.0374. The lowest BCUT2D eigenvalue weighted by atomic mass is 10.1. The smallest absolute Gasteiger partial charge is 0.343 e. The van der Waals surface area contributed by atoms with E-state index >= 15 is 0 Å². The zero-order valence-electron chi connectivity index (χ0n) is 12.2. The Hall–Kier alpha value is -2.12. The maximum absolute atomic E-state index is 13.6. The van der Waals surface area contributed by atoms with Crippen LogP contribution in [-0.4, -0.2) is 42.4 Å². The van der Waals surface area contributed by atoms with Crippen LogP contribution in [0.5, 0.6) is 0 Å². The highest BCUT2D eigenvalue weighted by atomic mass is 35.5. The highest BCUT2D eigenvalue weighted by Gasteiger charge is 2.20. The number of halogens is 3. The molecule has 0 saturated carbocycles. The molecule has 0 aliphatic rings. The second kappa shape index (κ2) is 8.50. The van der Waals surface area contributed by atoms with E-state index in [-0.39, 0.29) is 22.2 Å². The Morgan fingerprint density at radius 1 is 1.43 bits per heavy atom. The Morgan fingerprint density at radius 2 is 2.09 bits per heavy atom. The van der Waals surface area contributed by atoms with E-state index in [1.807, 2.05) is 0 Å². The summed E-state index contributed by atoms with van der Waals surface area (Å²) in [6.45, 7) is 1.60. The maximum Gasteiger partial charge on any atom is 0.343 e. The first-order chi connectivity index (χ1) is 10.8. The molecule has 1 aromatic rings. The van der Waals surface area contributed by atoms with Crippen LogP contribution < -0.4 is 0 Å². The van der Waals surface area contributed by atoms with Crippen molar-refractivity contribution in [1.82, 2.24) is 5.01 Å². The summed E-state index contributed by atoms with van der Waals surface area (Å²) < 4.78 is 18.4. The van der Waals surface area contributed by atoms with Gasteiger partial charge in [-0.05, 0) is 19.1 Å². The summed E-state index contributed by atoms with van der Waals surface area (Å²) >= 11 is 11.5. The Morgan fingerprint density at radius 3 is 2.65 bits per heavy atom. The summed E-state index contributed by atoms with van der Waals surface area (Å²) in [5, 5.41) is 14.4. The molecule has 6 nitrogen and oxygen atoms in total. The molecule has 0 bridgehead atoms. The maximum atomic E-state index is 13.6. The van der Waals surface area contributed by atoms with Gasteiger partial charge in [0.1, 0.15) is 17.1 Å². The van der Waals surface area contributed by atoms with Crippen molar-refractivity contribution in [3.05, 3.63) is 39.1 Å². The third kappa shape index (κ3) is 4.94. The van der Waals surface area contributed by atoms with Gasteiger partial charge in [0.05, 0.1) is 22.9 Å². The van der Waals surface area contributed by atoms with Crippen LogP contribution in [-0.2, 0) is 14.3 Å². The zero-order chi connectivity index (χ0) is 17.6. The van der Waals surface area contributed by atoms with Crippen LogP contribution in [0.2, 0.25) is 10.0 Å². The van der Waals surface area contributed by atoms with Gasteiger partial charge in [-0.3, -0.25) is 4.79 Å². The van der Waals surface area contributed by atoms with Crippen LogP contribution in [0, 0.1) is 5.82 Å². The lowest BCUT2D eigenvalue weighted by molar-refractivity contribution is -0.137. The summed E-state index contributed by atoms with van der Waals surface area (Å²) in [7, 11) is 1.32. The molecule has 0 aliphatic heterocycles. The Labute approximate surface area is 141 Å². The van der Waals surface area contributed by atoms with Gasteiger partial charge in [0.15, 0.2) is 0 Å². The molecule has 0 aliphatic carbocycles. The molecule has 1 rings (SSSR count). The molecular formula is C14H13Cl2FN2O4. The third-order valence-corrected chi connectivity index (χ3v) is 3.14. The highest BCUT2D eigenvalue weighted by molar-refractivity contribution is 6.36. The number of hydrazone groups is 1. The van der Waals surface area contributed by atoms with Gasteiger partial charge in [0, 0.05) is 12.6 Å². The topological polar surface area (TPSA) is 79.2 Å². The SMILES string of the molecule is CCOC(=O)C(/C=N/N(C)C=O)=C(\O)c1cc(F)c(Cl)cc1Cl. The van der Waals surface area contributed by atoms with Crippen molar-refractivity contribution in [3.8, 4) is 0 Å². The lowest BCUT2D eigenvalue weighted by Crippen LogP contribution is -2.14. The average molecular weight is 363 g/mol. The number of carbonyl (C=O) groups excluding carboxylic acids is 2. The van der Waals surface area contributed by atoms with Crippen LogP contribution in [0.1, 0.15) is 12.5 Å². The minimum Gasteiger partial charge on any atom is -0.506 e. The summed E-state index contributed by atoms with van der Waals surface area (Å²) in [6.07, 6.45) is 1.29. The van der Waals surface area contributed by atoms with Crippen molar-refractivity contribution in [2.75, 3.05) is 13.7 Å². The fourth-order valence-corrected chi connectivity index (χ4v) is 1.92. The number of hydrogen-bond acceptors (Lipinski definition) is 5. The van der Waals surface area contributed by atoms with Crippen LogP contribution in [0.25, 0.3) is 5.76 Å². The third-order valence-electron chi connectivity index (χ3n) is 2.54. The molecule has 1 N–H and O–H groups in total. The predicted molar refractivity (Wildman–Crippen MR) is 84.9 cm³/mol. The molecule has 0 heterocycles. The zero-order valence-corrected chi connectivity index (χ0v) is 13.7. The summed E-state index contributed by atoms with van der Waals surface area (Å²) in [5.41, 5.74) is -0.569. The first kappa shape index (κ1) is 18.9. The molecule has 23 heavy (non-hydrogen) atoms. The predicted octanol–water partition coefficient (Wildman–Crippen LogP) is 3.04. The van der Waals surface area contributed by atoms with Crippen molar-refractivity contribution in [2.24, 2.45) is 5.10 Å². The molecule has 1 amide bonds. The van der Waals surface area contributed by atoms with E-state index in [0.29, 0.717) is 6.41 Å². The first-order valence-corrected chi connectivity index (χ1v) is 7.04. The fraction of sp³-hybridized carbons (Fsp3) is 0.214. The number of hydrogen-bond donors (Lipinski definition) is 1. The van der Waals surface area contributed by atoms with E-state index in [1.165, 1.54) is 7.05 Å². The molecule has 1 aromatic carbocycles. The monoisotopic (exact) mass is 362 g/mol. The van der Waals surface area contributed by atoms with Crippen molar-refractivity contribution in [3.63, 3.8) is 0 Å². The molecule has 0 atom stereocenters. The first-order valence-electron chi connectivity index (χ1n) is 6.29. The van der Waals surface area contributed by atoms with Gasteiger partial charge in [-0.1, -0.05) is 23.2 Å². The van der Waals surface area contributed by atoms with Crippen molar-refractivity contribution < 1.29 is 23.8 Å². The second-order valence-electron chi connectivity index (χ2n) is 4.15. The average Bonchev–Trinajstić information content (AvgIpc) is 2.50. The molecule has 0 saturated heterocycles. The van der Waals surface area contributed by atoms with Gasteiger partial charge >= 0.3 is 5.97 Å². The van der Waals surface area contributed by atoms with E-state index in [0.717, 1.165) is 23.4 Å². The van der Waals surface area contributed by atoms with E-state index < -0.39 is 23.1 Å². The molecule has 0 fully saturated rings. The number of aliphatic hydroxyl groups excluding tert-OH is 1. The van der Waals surface area contributed by atoms with Gasteiger partial charge in [-0.25, -0.2) is 14.2 Å². The highest BCUT2D eigenvalue weighted by Crippen LogP contribution is 2.29. The van der Waals surface area contributed by atoms with E-state index in [1.54, 1.807) is 6.92 Å². The largest absolute Gasteiger partial charge is 0.506 e. The Balaban J connectivity index is 3.44. The Kier molecular flexibility index (Phi) is 6.99. The quantitative estimate of drug-likeness (QED) is 0.160. The van der Waals surface area contributed by atoms with E-state index in [9.17, 15) is 19.1 Å². The number of nitrogens with zero attached hydrogens (tertiary/aromatic N) is 2. The van der Waals surface area contributed by atoms with Gasteiger partial charge in [0.25, 0.3) is 0 Å². The summed E-state index contributed by atoms with van der Waals surface area (Å²) in [4.78, 5) is 22.4. The van der Waals surface area contributed by atoms with E-state index in [4.69, 9.17) is 27.9 Å². The molecule has 0 aromatic heterocycles. The van der Waals surface area contributed by atoms with Gasteiger partial charge < -0.3 is 9.84 Å². The van der Waals surface area contributed by atoms with Crippen LogP contribution >= 0.6 is 23.2 Å². The molecule has 0 radical (unpaired) electrons. The van der Waals surface area contributed by atoms with Crippen LogP contribution in [0.4, 0.5) is 4.39 Å². The molecule has 0 spiro atoms. The number of amides is 1. The van der Waals surface area contributed by atoms with Crippen molar-refractivity contribution in [2.45, 2.75) is 6.92 Å². The summed E-state index contributed by atoms with van der Waals surface area (Å²) in [5.74, 6) is -2.41. The number of benzene rings is 1. The lowest BCUT2D eigenvalue weighted by Gasteiger charge is -2.10. The molecule has 124 valence electrons. The number of rotatable bonds is 6. The van der Waals surface area contributed by atoms with Gasteiger partial charge in [-0.2, -0.15) is 5.10 Å². The minimum atomic E-state index is -0.917. The standard InChI is InChI=1S/C14H13Cl2FN2O4/c1-3-23-14(22)9(6-18-19(2)7-20)13(21)8-4-12(17)11(16)5-10(8)15/h4-7,21H,3H2,1-2H3/b13-9-,18-6+. The fourth-order valence-electron chi connectivity index (χ4n) is 1.44. The number of esters is 1. The van der Waals surface area contributed by atoms with Gasteiger partial charge in [0.2, 0.25) is 6.41 Å². The van der Waals surface area contributed by atoms with Crippen molar-refractivity contribution in [1.29, 1.82) is 0 Å². The van der Waals surface area contributed by atoms with Gasteiger partial charge in [-0.15, -0.1) is 0 Å². The number of ether oxygens (including phenoxy) is 1. The summed E-state index contributed by atoms with van der Waals surface area (Å²) in [6, 6.07) is 1.96. The normalized spacial score (nSPS) is 12.0. The Bertz CT molecular complexity index is 677. The molecular weight excluding hydrogens is 350 g/mol. The van der Waals surface area contributed by atoms with Crippen LogP contribution in [0.3, 0.4) is 0 Å². The number of carbonyl (C=O) groups is 2. The molecule has 0 unspecified atom stereocenters. The number of aliphatic hydroxyl groups is 1. The van der Waals surface area contributed by atoms with Crippen LogP contribution in [0.15, 0.2) is 22.8 Å². The molecule has 9 heteroatoms. The second-order valence-corrected chi connectivity index (χ2v) is 4.97. The van der Waals surface area contributed by atoms with E-state index in [2.05, 4.69) is 5.10 Å².